The zero-order chi connectivity index (χ0) is 17.7. The molecule has 1 aromatic carbocycles. The van der Waals surface area contributed by atoms with Crippen LogP contribution in [0.25, 0.3) is 5.69 Å². The fraction of sp³-hybridized carbons (Fsp3) is 0.471. The predicted octanol–water partition coefficient (Wildman–Crippen LogP) is 1.92. The molecular weight excluding hydrogens is 304 g/mol. The van der Waals surface area contributed by atoms with Crippen LogP contribution in [-0.4, -0.2) is 64.3 Å². The predicted molar refractivity (Wildman–Crippen MR) is 94.1 cm³/mol. The maximum absolute atomic E-state index is 12.3. The molecule has 0 spiro atoms. The van der Waals surface area contributed by atoms with Gasteiger partial charge in [-0.2, -0.15) is 5.10 Å². The molecule has 24 heavy (non-hydrogen) atoms. The van der Waals surface area contributed by atoms with Crippen LogP contribution >= 0.6 is 0 Å². The molecule has 0 aliphatic carbocycles. The molecule has 0 aliphatic heterocycles. The maximum Gasteiger partial charge on any atom is 0.317 e. The fourth-order valence-electron chi connectivity index (χ4n) is 2.19. The van der Waals surface area contributed by atoms with Crippen molar-refractivity contribution in [3.8, 4) is 5.69 Å². The van der Waals surface area contributed by atoms with Crippen LogP contribution in [0, 0.1) is 0 Å². The normalized spacial score (nSPS) is 13.6. The van der Waals surface area contributed by atoms with E-state index in [1.54, 1.807) is 15.9 Å². The molecule has 7 heteroatoms. The number of rotatable bonds is 6. The highest BCUT2D eigenvalue weighted by molar-refractivity contribution is 5.74. The lowest BCUT2D eigenvalue weighted by molar-refractivity contribution is 0.190. The number of hydrogen-bond donors (Lipinski definition) is 1. The first-order valence-corrected chi connectivity index (χ1v) is 8.02. The highest BCUT2D eigenvalue weighted by Crippen LogP contribution is 2.20. The van der Waals surface area contributed by atoms with E-state index in [4.69, 9.17) is 0 Å². The Morgan fingerprint density at radius 2 is 1.88 bits per heavy atom. The third-order valence-electron chi connectivity index (χ3n) is 4.39. The molecule has 0 aliphatic rings. The minimum absolute atomic E-state index is 0.0236. The van der Waals surface area contributed by atoms with Crippen LogP contribution < -0.4 is 5.32 Å². The van der Waals surface area contributed by atoms with Crippen molar-refractivity contribution in [1.29, 1.82) is 0 Å². The number of carbonyl (C=O) groups is 1. The lowest BCUT2D eigenvalue weighted by atomic mass is 10.1. The molecule has 2 amide bonds. The largest absolute Gasteiger partial charge is 0.336 e. The SMILES string of the molecule is C[C@@H](CNC(=O)N(C)[C@@H](C)c1ccc(-n2cncn2)cc1)N(C)C. The van der Waals surface area contributed by atoms with Gasteiger partial charge in [0.15, 0.2) is 0 Å². The molecule has 0 unspecified atom stereocenters. The van der Waals surface area contributed by atoms with Crippen LogP contribution in [0.3, 0.4) is 0 Å². The first kappa shape index (κ1) is 17.9. The smallest absolute Gasteiger partial charge is 0.317 e. The first-order valence-electron chi connectivity index (χ1n) is 8.02. The zero-order valence-corrected chi connectivity index (χ0v) is 15.0. The Kier molecular flexibility index (Phi) is 5.92. The lowest BCUT2D eigenvalue weighted by Gasteiger charge is -2.27. The van der Waals surface area contributed by atoms with Crippen molar-refractivity contribution in [3.05, 3.63) is 42.5 Å². The topological polar surface area (TPSA) is 66.3 Å². The summed E-state index contributed by atoms with van der Waals surface area (Å²) in [6.07, 6.45) is 3.16. The molecule has 2 atom stereocenters. The Morgan fingerprint density at radius 1 is 1.21 bits per heavy atom. The van der Waals surface area contributed by atoms with Gasteiger partial charge < -0.3 is 15.1 Å². The van der Waals surface area contributed by atoms with Crippen molar-refractivity contribution in [2.45, 2.75) is 25.9 Å². The third-order valence-corrected chi connectivity index (χ3v) is 4.39. The number of aromatic nitrogens is 3. The number of hydrogen-bond acceptors (Lipinski definition) is 4. The second kappa shape index (κ2) is 7.92. The first-order chi connectivity index (χ1) is 11.4. The van der Waals surface area contributed by atoms with Gasteiger partial charge in [0.05, 0.1) is 11.7 Å². The Balaban J connectivity index is 1.97. The zero-order valence-electron chi connectivity index (χ0n) is 15.0. The summed E-state index contributed by atoms with van der Waals surface area (Å²) < 4.78 is 1.70. The molecule has 0 fully saturated rings. The number of nitrogens with one attached hydrogen (secondary N) is 1. The minimum Gasteiger partial charge on any atom is -0.336 e. The quantitative estimate of drug-likeness (QED) is 0.879. The molecule has 2 rings (SSSR count). The van der Waals surface area contributed by atoms with Crippen molar-refractivity contribution in [2.24, 2.45) is 0 Å². The van der Waals surface area contributed by atoms with Gasteiger partial charge in [0, 0.05) is 19.6 Å². The number of nitrogens with zero attached hydrogens (tertiary/aromatic N) is 5. The van der Waals surface area contributed by atoms with Crippen molar-refractivity contribution >= 4 is 6.03 Å². The number of benzene rings is 1. The number of amides is 2. The van der Waals surface area contributed by atoms with E-state index in [1.807, 2.05) is 52.3 Å². The van der Waals surface area contributed by atoms with E-state index in [-0.39, 0.29) is 12.1 Å². The highest BCUT2D eigenvalue weighted by Gasteiger charge is 2.18. The summed E-state index contributed by atoms with van der Waals surface area (Å²) in [7, 11) is 5.81. The van der Waals surface area contributed by atoms with E-state index in [1.165, 1.54) is 6.33 Å². The van der Waals surface area contributed by atoms with E-state index in [0.717, 1.165) is 11.3 Å². The summed E-state index contributed by atoms with van der Waals surface area (Å²) in [5.41, 5.74) is 2.01. The maximum atomic E-state index is 12.3. The summed E-state index contributed by atoms with van der Waals surface area (Å²) in [4.78, 5) is 20.0. The van der Waals surface area contributed by atoms with Gasteiger partial charge in [-0.1, -0.05) is 12.1 Å². The van der Waals surface area contributed by atoms with Gasteiger partial charge in [0.1, 0.15) is 12.7 Å². The van der Waals surface area contributed by atoms with Gasteiger partial charge in [-0.15, -0.1) is 0 Å². The molecule has 1 heterocycles. The second-order valence-electron chi connectivity index (χ2n) is 6.22. The number of urea groups is 1. The molecular formula is C17H26N6O. The third kappa shape index (κ3) is 4.32. The Morgan fingerprint density at radius 3 is 2.42 bits per heavy atom. The number of likely N-dealkylation sites (N-methyl/N-ethyl adjacent to an activating group) is 1. The second-order valence-corrected chi connectivity index (χ2v) is 6.22. The van der Waals surface area contributed by atoms with Gasteiger partial charge in [-0.3, -0.25) is 0 Å². The summed E-state index contributed by atoms with van der Waals surface area (Å²) in [5, 5.41) is 7.08. The highest BCUT2D eigenvalue weighted by atomic mass is 16.2. The van der Waals surface area contributed by atoms with E-state index >= 15 is 0 Å². The molecule has 1 aromatic heterocycles. The van der Waals surface area contributed by atoms with E-state index < -0.39 is 0 Å². The molecule has 2 aromatic rings. The van der Waals surface area contributed by atoms with Gasteiger partial charge in [0.25, 0.3) is 0 Å². The summed E-state index contributed by atoms with van der Waals surface area (Å²) in [5.74, 6) is 0. The van der Waals surface area contributed by atoms with Crippen molar-refractivity contribution in [2.75, 3.05) is 27.7 Å². The molecule has 130 valence electrons. The van der Waals surface area contributed by atoms with Crippen LogP contribution in [0.2, 0.25) is 0 Å². The van der Waals surface area contributed by atoms with Crippen LogP contribution in [0.5, 0.6) is 0 Å². The summed E-state index contributed by atoms with van der Waals surface area (Å²) >= 11 is 0. The molecule has 0 saturated heterocycles. The monoisotopic (exact) mass is 330 g/mol. The van der Waals surface area contributed by atoms with Crippen LogP contribution in [-0.2, 0) is 0 Å². The average Bonchev–Trinajstić information content (AvgIpc) is 3.12. The number of carbonyl (C=O) groups excluding carboxylic acids is 1. The van der Waals surface area contributed by atoms with E-state index in [2.05, 4.69) is 27.2 Å². The van der Waals surface area contributed by atoms with Gasteiger partial charge >= 0.3 is 6.03 Å². The standard InChI is InChI=1S/C17H26N6O/c1-13(21(3)4)10-19-17(24)22(5)14(2)15-6-8-16(9-7-15)23-12-18-11-20-23/h6-9,11-14H,10H2,1-5H3,(H,19,24)/t13-,14-/m0/s1. The Bertz CT molecular complexity index is 638. The van der Waals surface area contributed by atoms with Crippen LogP contribution in [0.15, 0.2) is 36.9 Å². The lowest BCUT2D eigenvalue weighted by Crippen LogP contribution is -2.44. The van der Waals surface area contributed by atoms with Gasteiger partial charge in [-0.25, -0.2) is 14.5 Å². The van der Waals surface area contributed by atoms with Crippen molar-refractivity contribution in [1.82, 2.24) is 29.9 Å². The molecule has 0 radical (unpaired) electrons. The molecule has 7 nitrogen and oxygen atoms in total. The summed E-state index contributed by atoms with van der Waals surface area (Å²) in [6, 6.07) is 8.16. The fourth-order valence-corrected chi connectivity index (χ4v) is 2.19. The average molecular weight is 330 g/mol. The van der Waals surface area contributed by atoms with E-state index in [9.17, 15) is 4.79 Å². The van der Waals surface area contributed by atoms with Crippen LogP contribution in [0.1, 0.15) is 25.5 Å². The molecule has 0 saturated carbocycles. The van der Waals surface area contributed by atoms with Crippen LogP contribution in [0.4, 0.5) is 4.79 Å². The molecule has 0 bridgehead atoms. The Labute approximate surface area is 143 Å². The Hall–Kier alpha value is -2.41. The van der Waals surface area contributed by atoms with Crippen molar-refractivity contribution in [3.63, 3.8) is 0 Å². The van der Waals surface area contributed by atoms with Gasteiger partial charge in [-0.05, 0) is 45.6 Å². The van der Waals surface area contributed by atoms with Gasteiger partial charge in [0.2, 0.25) is 0 Å². The molecule has 1 N–H and O–H groups in total. The summed E-state index contributed by atoms with van der Waals surface area (Å²) in [6.45, 7) is 4.71. The minimum atomic E-state index is -0.0726. The van der Waals surface area contributed by atoms with Crippen molar-refractivity contribution < 1.29 is 4.79 Å². The van der Waals surface area contributed by atoms with E-state index in [0.29, 0.717) is 12.6 Å².